The second kappa shape index (κ2) is 4.40. The zero-order valence-corrected chi connectivity index (χ0v) is 10.4. The molecule has 4 heteroatoms. The van der Waals surface area contributed by atoms with E-state index in [4.69, 9.17) is 18.9 Å². The highest BCUT2D eigenvalue weighted by molar-refractivity contribution is 5.93. The molecule has 4 nitrogen and oxygen atoms in total. The molecule has 0 spiro atoms. The van der Waals surface area contributed by atoms with Crippen molar-refractivity contribution in [3.8, 4) is 11.5 Å². The molecule has 4 rings (SSSR count). The Labute approximate surface area is 110 Å². The molecule has 0 saturated carbocycles. The fourth-order valence-corrected chi connectivity index (χ4v) is 2.08. The SMILES string of the molecule is c1cc(OC2CO2)c2cccc(OCC3CO3)c2c1. The van der Waals surface area contributed by atoms with Crippen LogP contribution in [0.1, 0.15) is 0 Å². The van der Waals surface area contributed by atoms with Gasteiger partial charge in [0.05, 0.1) is 6.61 Å². The van der Waals surface area contributed by atoms with Gasteiger partial charge in [-0.1, -0.05) is 24.3 Å². The zero-order valence-electron chi connectivity index (χ0n) is 10.4. The summed E-state index contributed by atoms with van der Waals surface area (Å²) < 4.78 is 21.8. The van der Waals surface area contributed by atoms with Gasteiger partial charge in [-0.25, -0.2) is 0 Å². The van der Waals surface area contributed by atoms with Crippen molar-refractivity contribution in [2.45, 2.75) is 12.4 Å². The van der Waals surface area contributed by atoms with Crippen molar-refractivity contribution in [3.05, 3.63) is 36.4 Å². The van der Waals surface area contributed by atoms with Crippen LogP contribution in [0.25, 0.3) is 10.8 Å². The molecule has 2 unspecified atom stereocenters. The summed E-state index contributed by atoms with van der Waals surface area (Å²) in [6.07, 6.45) is 0.171. The summed E-state index contributed by atoms with van der Waals surface area (Å²) in [5, 5.41) is 2.11. The Balaban J connectivity index is 1.68. The van der Waals surface area contributed by atoms with Gasteiger partial charge in [-0.05, 0) is 12.1 Å². The van der Waals surface area contributed by atoms with E-state index in [0.717, 1.165) is 28.9 Å². The maximum Gasteiger partial charge on any atom is 0.223 e. The number of epoxide rings is 2. The highest BCUT2D eigenvalue weighted by atomic mass is 16.8. The van der Waals surface area contributed by atoms with Crippen LogP contribution < -0.4 is 9.47 Å². The lowest BCUT2D eigenvalue weighted by atomic mass is 10.1. The minimum absolute atomic E-state index is 0.0879. The number of fused-ring (bicyclic) bond motifs is 1. The third-order valence-corrected chi connectivity index (χ3v) is 3.23. The van der Waals surface area contributed by atoms with Crippen LogP contribution >= 0.6 is 0 Å². The van der Waals surface area contributed by atoms with Gasteiger partial charge in [0.1, 0.15) is 30.8 Å². The Bertz CT molecular complexity index is 602. The van der Waals surface area contributed by atoms with Crippen LogP contribution in [-0.4, -0.2) is 32.2 Å². The summed E-state index contributed by atoms with van der Waals surface area (Å²) in [6.45, 7) is 2.08. The smallest absolute Gasteiger partial charge is 0.223 e. The lowest BCUT2D eigenvalue weighted by Crippen LogP contribution is -2.04. The molecule has 0 N–H and O–H groups in total. The van der Waals surface area contributed by atoms with Gasteiger partial charge in [-0.3, -0.25) is 0 Å². The van der Waals surface area contributed by atoms with Gasteiger partial charge >= 0.3 is 0 Å². The van der Waals surface area contributed by atoms with Crippen LogP contribution in [0, 0.1) is 0 Å². The van der Waals surface area contributed by atoms with Crippen LogP contribution in [0.5, 0.6) is 11.5 Å². The highest BCUT2D eigenvalue weighted by Crippen LogP contribution is 2.34. The number of hydrogen-bond donors (Lipinski definition) is 0. The summed E-state index contributed by atoms with van der Waals surface area (Å²) in [6, 6.07) is 12.0. The Kier molecular flexibility index (Phi) is 2.57. The van der Waals surface area contributed by atoms with Crippen molar-refractivity contribution < 1.29 is 18.9 Å². The Morgan fingerprint density at radius 3 is 2.32 bits per heavy atom. The molecule has 2 aliphatic heterocycles. The molecule has 0 amide bonds. The van der Waals surface area contributed by atoms with Gasteiger partial charge in [-0.15, -0.1) is 0 Å². The van der Waals surface area contributed by atoms with Gasteiger partial charge in [0.25, 0.3) is 0 Å². The minimum atomic E-state index is -0.0879. The molecule has 98 valence electrons. The molecular formula is C15H14O4. The summed E-state index contributed by atoms with van der Waals surface area (Å²) >= 11 is 0. The van der Waals surface area contributed by atoms with Gasteiger partial charge in [0, 0.05) is 10.8 Å². The molecule has 2 saturated heterocycles. The quantitative estimate of drug-likeness (QED) is 0.772. The first-order valence-corrected chi connectivity index (χ1v) is 6.44. The predicted octanol–water partition coefficient (Wildman–Crippen LogP) is 2.35. The molecule has 0 radical (unpaired) electrons. The Morgan fingerprint density at radius 2 is 1.63 bits per heavy atom. The van der Waals surface area contributed by atoms with E-state index in [1.54, 1.807) is 0 Å². The van der Waals surface area contributed by atoms with Crippen molar-refractivity contribution in [1.29, 1.82) is 0 Å². The van der Waals surface area contributed by atoms with Crippen molar-refractivity contribution >= 4 is 10.8 Å². The molecule has 0 aromatic heterocycles. The van der Waals surface area contributed by atoms with Crippen LogP contribution in [0.4, 0.5) is 0 Å². The van der Waals surface area contributed by atoms with Crippen LogP contribution in [-0.2, 0) is 9.47 Å². The number of hydrogen-bond acceptors (Lipinski definition) is 4. The third-order valence-electron chi connectivity index (χ3n) is 3.23. The standard InChI is InChI=1S/C15H14O4/c1-4-12-11(13(5-1)17-8-10-7-16-10)3-2-6-14(12)19-15-9-18-15/h1-6,10,15H,7-9H2. The largest absolute Gasteiger partial charge is 0.490 e. The van der Waals surface area contributed by atoms with Gasteiger partial charge < -0.3 is 18.9 Å². The minimum Gasteiger partial charge on any atom is -0.490 e. The zero-order chi connectivity index (χ0) is 12.7. The number of rotatable bonds is 5. The first kappa shape index (κ1) is 11.1. The normalized spacial score (nSPS) is 24.2. The first-order valence-electron chi connectivity index (χ1n) is 6.44. The highest BCUT2D eigenvalue weighted by Gasteiger charge is 2.26. The number of ether oxygens (including phenoxy) is 4. The van der Waals surface area contributed by atoms with Crippen molar-refractivity contribution in [2.75, 3.05) is 19.8 Å². The van der Waals surface area contributed by atoms with E-state index in [-0.39, 0.29) is 12.4 Å². The molecule has 2 heterocycles. The van der Waals surface area contributed by atoms with Crippen LogP contribution in [0.15, 0.2) is 36.4 Å². The van der Waals surface area contributed by atoms with E-state index in [1.165, 1.54) is 0 Å². The van der Waals surface area contributed by atoms with E-state index >= 15 is 0 Å². The average Bonchev–Trinajstić information content (AvgIpc) is 3.32. The maximum atomic E-state index is 5.81. The maximum absolute atomic E-state index is 5.81. The fourth-order valence-electron chi connectivity index (χ4n) is 2.08. The number of benzene rings is 2. The lowest BCUT2D eigenvalue weighted by Gasteiger charge is -2.11. The van der Waals surface area contributed by atoms with E-state index in [1.807, 2.05) is 36.4 Å². The first-order chi connectivity index (χ1) is 9.40. The van der Waals surface area contributed by atoms with E-state index in [2.05, 4.69) is 0 Å². The molecule has 0 aliphatic carbocycles. The van der Waals surface area contributed by atoms with E-state index < -0.39 is 0 Å². The molecule has 2 fully saturated rings. The summed E-state index contributed by atoms with van der Waals surface area (Å²) in [5.74, 6) is 1.71. The Hall–Kier alpha value is -1.78. The van der Waals surface area contributed by atoms with Crippen molar-refractivity contribution in [1.82, 2.24) is 0 Å². The second-order valence-electron chi connectivity index (χ2n) is 4.75. The van der Waals surface area contributed by atoms with Gasteiger partial charge in [-0.2, -0.15) is 0 Å². The molecular weight excluding hydrogens is 244 g/mol. The topological polar surface area (TPSA) is 43.5 Å². The van der Waals surface area contributed by atoms with E-state index in [0.29, 0.717) is 13.2 Å². The molecule has 2 aromatic rings. The third kappa shape index (κ3) is 2.37. The van der Waals surface area contributed by atoms with Crippen LogP contribution in [0.2, 0.25) is 0 Å². The molecule has 0 bridgehead atoms. The van der Waals surface area contributed by atoms with Crippen LogP contribution in [0.3, 0.4) is 0 Å². The molecule has 2 aromatic carbocycles. The van der Waals surface area contributed by atoms with Gasteiger partial charge in [0.2, 0.25) is 6.29 Å². The Morgan fingerprint density at radius 1 is 0.947 bits per heavy atom. The lowest BCUT2D eigenvalue weighted by molar-refractivity contribution is 0.181. The van der Waals surface area contributed by atoms with Crippen molar-refractivity contribution in [3.63, 3.8) is 0 Å². The van der Waals surface area contributed by atoms with E-state index in [9.17, 15) is 0 Å². The summed E-state index contributed by atoms with van der Waals surface area (Å²) in [4.78, 5) is 0. The molecule has 2 atom stereocenters. The second-order valence-corrected chi connectivity index (χ2v) is 4.75. The fraction of sp³-hybridized carbons (Fsp3) is 0.333. The predicted molar refractivity (Wildman–Crippen MR) is 69.6 cm³/mol. The monoisotopic (exact) mass is 258 g/mol. The molecule has 2 aliphatic rings. The average molecular weight is 258 g/mol. The van der Waals surface area contributed by atoms with Gasteiger partial charge in [0.15, 0.2) is 0 Å². The van der Waals surface area contributed by atoms with Crippen molar-refractivity contribution in [2.24, 2.45) is 0 Å². The summed E-state index contributed by atoms with van der Waals surface area (Å²) in [5.41, 5.74) is 0. The molecule has 19 heavy (non-hydrogen) atoms. The summed E-state index contributed by atoms with van der Waals surface area (Å²) in [7, 11) is 0.